The molecule has 2 aromatic rings. The van der Waals surface area contributed by atoms with Crippen LogP contribution in [0, 0.1) is 6.92 Å². The van der Waals surface area contributed by atoms with Crippen molar-refractivity contribution in [2.24, 2.45) is 0 Å². The molecule has 27 heavy (non-hydrogen) atoms. The van der Waals surface area contributed by atoms with E-state index in [4.69, 9.17) is 0 Å². The molecule has 0 saturated heterocycles. The van der Waals surface area contributed by atoms with E-state index in [9.17, 15) is 9.59 Å². The normalized spacial score (nSPS) is 10.4. The van der Waals surface area contributed by atoms with Gasteiger partial charge in [-0.2, -0.15) is 0 Å². The maximum atomic E-state index is 12.6. The molecule has 144 valence electrons. The minimum atomic E-state index is -0.290. The van der Waals surface area contributed by atoms with Crippen molar-refractivity contribution in [3.63, 3.8) is 0 Å². The van der Waals surface area contributed by atoms with Crippen LogP contribution in [0.4, 0.5) is 17.2 Å². The van der Waals surface area contributed by atoms with Gasteiger partial charge in [-0.3, -0.25) is 9.59 Å². The molecule has 0 radical (unpaired) electrons. The summed E-state index contributed by atoms with van der Waals surface area (Å²) in [6, 6.07) is 8.67. The van der Waals surface area contributed by atoms with Gasteiger partial charge in [0.2, 0.25) is 5.91 Å². The van der Waals surface area contributed by atoms with Gasteiger partial charge in [0, 0.05) is 37.5 Å². The highest BCUT2D eigenvalue weighted by molar-refractivity contribution is 6.03. The number of hydrogen-bond acceptors (Lipinski definition) is 5. The number of carbonyl (C=O) groups is 2. The lowest BCUT2D eigenvalue weighted by Gasteiger charge is -2.23. The number of aryl methyl sites for hydroxylation is 1. The molecule has 2 rings (SSSR count). The second-order valence-corrected chi connectivity index (χ2v) is 6.36. The number of aromatic nitrogens is 2. The molecule has 2 amide bonds. The predicted molar refractivity (Wildman–Crippen MR) is 108 cm³/mol. The topological polar surface area (TPSA) is 87.2 Å². The summed E-state index contributed by atoms with van der Waals surface area (Å²) in [5.41, 5.74) is 1.64. The molecule has 0 unspecified atom stereocenters. The monoisotopic (exact) mass is 369 g/mol. The average molecular weight is 369 g/mol. The summed E-state index contributed by atoms with van der Waals surface area (Å²) < 4.78 is 0. The Labute approximate surface area is 160 Å². The molecule has 0 atom stereocenters. The van der Waals surface area contributed by atoms with Gasteiger partial charge in [0.15, 0.2) is 0 Å². The van der Waals surface area contributed by atoms with Crippen LogP contribution in [-0.2, 0) is 4.79 Å². The van der Waals surface area contributed by atoms with Crippen molar-refractivity contribution < 1.29 is 9.59 Å². The quantitative estimate of drug-likeness (QED) is 0.742. The Kier molecular flexibility index (Phi) is 7.28. The highest BCUT2D eigenvalue weighted by Crippen LogP contribution is 2.17. The molecule has 1 aromatic heterocycles. The van der Waals surface area contributed by atoms with Gasteiger partial charge >= 0.3 is 0 Å². The van der Waals surface area contributed by atoms with Gasteiger partial charge in [0.05, 0.1) is 0 Å². The molecule has 7 heteroatoms. The Morgan fingerprint density at radius 1 is 0.963 bits per heavy atom. The molecule has 2 N–H and O–H groups in total. The molecule has 0 saturated carbocycles. The van der Waals surface area contributed by atoms with Gasteiger partial charge in [0.25, 0.3) is 5.91 Å². The lowest BCUT2D eigenvalue weighted by Crippen LogP contribution is -2.27. The zero-order valence-corrected chi connectivity index (χ0v) is 16.4. The van der Waals surface area contributed by atoms with Crippen molar-refractivity contribution in [1.29, 1.82) is 0 Å². The number of anilines is 3. The van der Waals surface area contributed by atoms with Crippen molar-refractivity contribution in [3.8, 4) is 0 Å². The van der Waals surface area contributed by atoms with Crippen LogP contribution < -0.4 is 15.5 Å². The Bertz CT molecular complexity index is 783. The highest BCUT2D eigenvalue weighted by Gasteiger charge is 2.14. The average Bonchev–Trinajstić information content (AvgIpc) is 2.62. The third-order valence-corrected chi connectivity index (χ3v) is 3.83. The minimum Gasteiger partial charge on any atom is -0.357 e. The lowest BCUT2D eigenvalue weighted by atomic mass is 10.2. The number of rotatable bonds is 8. The predicted octanol–water partition coefficient (Wildman–Crippen LogP) is 3.62. The lowest BCUT2D eigenvalue weighted by molar-refractivity contribution is -0.114. The van der Waals surface area contributed by atoms with Crippen molar-refractivity contribution in [2.75, 3.05) is 28.6 Å². The van der Waals surface area contributed by atoms with Crippen LogP contribution >= 0.6 is 0 Å². The maximum Gasteiger partial charge on any atom is 0.274 e. The van der Waals surface area contributed by atoms with E-state index in [-0.39, 0.29) is 11.8 Å². The molecule has 0 fully saturated rings. The van der Waals surface area contributed by atoms with Crippen LogP contribution in [0.5, 0.6) is 0 Å². The third-order valence-electron chi connectivity index (χ3n) is 3.83. The molecule has 1 aromatic carbocycles. The summed E-state index contributed by atoms with van der Waals surface area (Å²) in [6.07, 6.45) is 2.01. The van der Waals surface area contributed by atoms with Crippen molar-refractivity contribution in [3.05, 3.63) is 41.9 Å². The smallest absolute Gasteiger partial charge is 0.274 e. The Morgan fingerprint density at radius 3 is 2.04 bits per heavy atom. The molecule has 0 aliphatic heterocycles. The van der Waals surface area contributed by atoms with Crippen LogP contribution in [0.1, 0.15) is 49.9 Å². The summed E-state index contributed by atoms with van der Waals surface area (Å²) in [5, 5.41) is 5.53. The van der Waals surface area contributed by atoms with Crippen LogP contribution in [0.15, 0.2) is 30.3 Å². The molecule has 0 bridgehead atoms. The van der Waals surface area contributed by atoms with Crippen molar-refractivity contribution in [2.45, 2.75) is 40.5 Å². The number of nitrogens with one attached hydrogen (secondary N) is 2. The van der Waals surface area contributed by atoms with E-state index >= 15 is 0 Å². The summed E-state index contributed by atoms with van der Waals surface area (Å²) in [4.78, 5) is 34.7. The number of benzene rings is 1. The Balaban J connectivity index is 2.16. The largest absolute Gasteiger partial charge is 0.357 e. The zero-order chi connectivity index (χ0) is 19.8. The van der Waals surface area contributed by atoms with Crippen LogP contribution in [-0.4, -0.2) is 34.9 Å². The fourth-order valence-corrected chi connectivity index (χ4v) is 2.75. The number of nitrogens with zero attached hydrogens (tertiary/aromatic N) is 3. The van der Waals surface area contributed by atoms with E-state index in [0.717, 1.165) is 31.7 Å². The fraction of sp³-hybridized carbons (Fsp3) is 0.400. The summed E-state index contributed by atoms with van der Waals surface area (Å²) in [7, 11) is 0. The van der Waals surface area contributed by atoms with E-state index in [2.05, 4.69) is 39.3 Å². The van der Waals surface area contributed by atoms with E-state index in [1.807, 2.05) is 0 Å². The first-order valence-corrected chi connectivity index (χ1v) is 9.22. The molecule has 1 heterocycles. The Morgan fingerprint density at radius 2 is 1.52 bits per heavy atom. The van der Waals surface area contributed by atoms with Gasteiger partial charge in [0.1, 0.15) is 17.3 Å². The number of carbonyl (C=O) groups excluding carboxylic acids is 2. The number of amides is 2. The summed E-state index contributed by atoms with van der Waals surface area (Å²) in [5.74, 6) is 0.912. The van der Waals surface area contributed by atoms with Crippen molar-refractivity contribution >= 4 is 29.0 Å². The summed E-state index contributed by atoms with van der Waals surface area (Å²) in [6.45, 7) is 9.25. The molecule has 0 spiro atoms. The molecule has 0 aliphatic carbocycles. The second-order valence-electron chi connectivity index (χ2n) is 6.36. The van der Waals surface area contributed by atoms with E-state index in [1.165, 1.54) is 6.92 Å². The first-order chi connectivity index (χ1) is 12.9. The first-order valence-electron chi connectivity index (χ1n) is 9.22. The van der Waals surface area contributed by atoms with E-state index < -0.39 is 0 Å². The highest BCUT2D eigenvalue weighted by atomic mass is 16.2. The van der Waals surface area contributed by atoms with Crippen LogP contribution in [0.2, 0.25) is 0 Å². The summed E-state index contributed by atoms with van der Waals surface area (Å²) >= 11 is 0. The SMILES string of the molecule is CCCN(CCC)c1cc(C(=O)Nc2ccc(NC(C)=O)cc2)nc(C)n1. The fourth-order valence-electron chi connectivity index (χ4n) is 2.75. The van der Waals surface area contributed by atoms with E-state index in [1.54, 1.807) is 37.3 Å². The molecular formula is C20H27N5O2. The number of hydrogen-bond donors (Lipinski definition) is 2. The van der Waals surface area contributed by atoms with Crippen LogP contribution in [0.25, 0.3) is 0 Å². The molecular weight excluding hydrogens is 342 g/mol. The van der Waals surface area contributed by atoms with E-state index in [0.29, 0.717) is 22.9 Å². The van der Waals surface area contributed by atoms with Gasteiger partial charge in [-0.25, -0.2) is 9.97 Å². The third kappa shape index (κ3) is 6.06. The standard InChI is InChI=1S/C20H27N5O2/c1-5-11-25(12-6-2)19-13-18(21-14(3)22-19)20(27)24-17-9-7-16(8-10-17)23-15(4)26/h7-10,13H,5-6,11-12H2,1-4H3,(H,23,26)(H,24,27). The van der Waals surface area contributed by atoms with Gasteiger partial charge < -0.3 is 15.5 Å². The maximum absolute atomic E-state index is 12.6. The molecule has 0 aliphatic rings. The van der Waals surface area contributed by atoms with Gasteiger partial charge in [-0.05, 0) is 44.0 Å². The van der Waals surface area contributed by atoms with Gasteiger partial charge in [-0.1, -0.05) is 13.8 Å². The van der Waals surface area contributed by atoms with Crippen LogP contribution in [0.3, 0.4) is 0 Å². The Hall–Kier alpha value is -2.96. The van der Waals surface area contributed by atoms with Crippen molar-refractivity contribution in [1.82, 2.24) is 9.97 Å². The van der Waals surface area contributed by atoms with Gasteiger partial charge in [-0.15, -0.1) is 0 Å². The first kappa shape index (κ1) is 20.4. The minimum absolute atomic E-state index is 0.139. The zero-order valence-electron chi connectivity index (χ0n) is 16.4. The second kappa shape index (κ2) is 9.66. The molecule has 7 nitrogen and oxygen atoms in total.